The van der Waals surface area contributed by atoms with Gasteiger partial charge in [-0.05, 0) is 63.5 Å². The number of benzene rings is 1. The SMILES string of the molecule is CNCC1CCN(C(=O)C(C)Oc2ccc(Br)cc2)CC1. The summed E-state index contributed by atoms with van der Waals surface area (Å²) in [6.45, 7) is 4.52. The van der Waals surface area contributed by atoms with Gasteiger partial charge in [-0.25, -0.2) is 0 Å². The molecule has 1 fully saturated rings. The van der Waals surface area contributed by atoms with E-state index in [4.69, 9.17) is 4.74 Å². The molecule has 2 rings (SSSR count). The zero-order valence-corrected chi connectivity index (χ0v) is 14.2. The molecule has 1 amide bonds. The minimum atomic E-state index is -0.438. The molecule has 0 aromatic heterocycles. The van der Waals surface area contributed by atoms with Crippen molar-refractivity contribution in [2.24, 2.45) is 5.92 Å². The van der Waals surface area contributed by atoms with E-state index in [1.165, 1.54) is 0 Å². The number of nitrogens with one attached hydrogen (secondary N) is 1. The van der Waals surface area contributed by atoms with Gasteiger partial charge >= 0.3 is 0 Å². The molecule has 1 saturated heterocycles. The molecule has 1 aliphatic heterocycles. The summed E-state index contributed by atoms with van der Waals surface area (Å²) in [6.07, 6.45) is 1.70. The molecule has 1 aromatic rings. The smallest absolute Gasteiger partial charge is 0.263 e. The van der Waals surface area contributed by atoms with E-state index in [1.54, 1.807) is 0 Å². The van der Waals surface area contributed by atoms with Crippen molar-refractivity contribution in [2.75, 3.05) is 26.7 Å². The Morgan fingerprint density at radius 1 is 1.38 bits per heavy atom. The maximum atomic E-state index is 12.4. The van der Waals surface area contributed by atoms with Crippen LogP contribution in [-0.4, -0.2) is 43.6 Å². The number of halogens is 1. The number of carbonyl (C=O) groups excluding carboxylic acids is 1. The minimum absolute atomic E-state index is 0.0841. The van der Waals surface area contributed by atoms with E-state index < -0.39 is 6.10 Å². The quantitative estimate of drug-likeness (QED) is 0.883. The average Bonchev–Trinajstić information content (AvgIpc) is 2.50. The number of amides is 1. The van der Waals surface area contributed by atoms with Crippen LogP contribution in [-0.2, 0) is 4.79 Å². The standard InChI is InChI=1S/C16H23BrN2O2/c1-12(21-15-5-3-14(17)4-6-15)16(20)19-9-7-13(8-10-19)11-18-2/h3-6,12-13,18H,7-11H2,1-2H3. The van der Waals surface area contributed by atoms with E-state index in [2.05, 4.69) is 21.2 Å². The molecule has 1 aromatic carbocycles. The molecule has 1 heterocycles. The molecule has 1 aliphatic rings. The summed E-state index contributed by atoms with van der Waals surface area (Å²) in [5.41, 5.74) is 0. The third-order valence-corrected chi connectivity index (χ3v) is 4.42. The van der Waals surface area contributed by atoms with Crippen LogP contribution in [0.5, 0.6) is 5.75 Å². The van der Waals surface area contributed by atoms with Crippen LogP contribution in [0.3, 0.4) is 0 Å². The first-order valence-corrected chi connectivity index (χ1v) is 8.25. The lowest BCUT2D eigenvalue weighted by Crippen LogP contribution is -2.45. The van der Waals surface area contributed by atoms with Gasteiger partial charge in [-0.15, -0.1) is 0 Å². The van der Waals surface area contributed by atoms with Crippen LogP contribution in [0, 0.1) is 5.92 Å². The van der Waals surface area contributed by atoms with Gasteiger partial charge in [0.25, 0.3) is 5.91 Å². The monoisotopic (exact) mass is 354 g/mol. The Bertz CT molecular complexity index is 456. The summed E-state index contributed by atoms with van der Waals surface area (Å²) < 4.78 is 6.73. The summed E-state index contributed by atoms with van der Waals surface area (Å²) in [5.74, 6) is 1.49. The Labute approximate surface area is 135 Å². The second-order valence-corrected chi connectivity index (χ2v) is 6.46. The Balaban J connectivity index is 1.84. The maximum absolute atomic E-state index is 12.4. The van der Waals surface area contributed by atoms with E-state index in [9.17, 15) is 4.79 Å². The second kappa shape index (κ2) is 7.80. The first-order valence-electron chi connectivity index (χ1n) is 7.45. The van der Waals surface area contributed by atoms with Gasteiger partial charge in [-0.1, -0.05) is 15.9 Å². The summed E-state index contributed by atoms with van der Waals surface area (Å²) in [5, 5.41) is 3.21. The molecule has 21 heavy (non-hydrogen) atoms. The fourth-order valence-corrected chi connectivity index (χ4v) is 2.94. The molecular formula is C16H23BrN2O2. The fourth-order valence-electron chi connectivity index (χ4n) is 2.67. The van der Waals surface area contributed by atoms with Crippen molar-refractivity contribution in [3.63, 3.8) is 0 Å². The molecule has 5 heteroatoms. The highest BCUT2D eigenvalue weighted by Gasteiger charge is 2.26. The summed E-state index contributed by atoms with van der Waals surface area (Å²) in [6, 6.07) is 7.56. The number of ether oxygens (including phenoxy) is 1. The van der Waals surface area contributed by atoms with Crippen molar-refractivity contribution in [3.05, 3.63) is 28.7 Å². The lowest BCUT2D eigenvalue weighted by atomic mass is 9.96. The lowest BCUT2D eigenvalue weighted by molar-refractivity contribution is -0.139. The van der Waals surface area contributed by atoms with Crippen LogP contribution in [0.15, 0.2) is 28.7 Å². The molecule has 4 nitrogen and oxygen atoms in total. The van der Waals surface area contributed by atoms with Crippen molar-refractivity contribution >= 4 is 21.8 Å². The Kier molecular flexibility index (Phi) is 6.06. The second-order valence-electron chi connectivity index (χ2n) is 5.54. The van der Waals surface area contributed by atoms with Gasteiger partial charge in [0.2, 0.25) is 0 Å². The Morgan fingerprint density at radius 2 is 2.00 bits per heavy atom. The molecule has 116 valence electrons. The first-order chi connectivity index (χ1) is 10.1. The van der Waals surface area contributed by atoms with Gasteiger partial charge in [0, 0.05) is 17.6 Å². The van der Waals surface area contributed by atoms with E-state index >= 15 is 0 Å². The topological polar surface area (TPSA) is 41.6 Å². The zero-order chi connectivity index (χ0) is 15.2. The van der Waals surface area contributed by atoms with Crippen LogP contribution < -0.4 is 10.1 Å². The van der Waals surface area contributed by atoms with Crippen LogP contribution in [0.25, 0.3) is 0 Å². The van der Waals surface area contributed by atoms with Crippen molar-refractivity contribution in [2.45, 2.75) is 25.9 Å². The molecule has 1 unspecified atom stereocenters. The van der Waals surface area contributed by atoms with Crippen molar-refractivity contribution in [1.29, 1.82) is 0 Å². The predicted molar refractivity (Wildman–Crippen MR) is 87.5 cm³/mol. The van der Waals surface area contributed by atoms with Crippen molar-refractivity contribution < 1.29 is 9.53 Å². The van der Waals surface area contributed by atoms with Gasteiger partial charge in [-0.3, -0.25) is 4.79 Å². The highest BCUT2D eigenvalue weighted by atomic mass is 79.9. The number of likely N-dealkylation sites (tertiary alicyclic amines) is 1. The summed E-state index contributed by atoms with van der Waals surface area (Å²) >= 11 is 3.39. The average molecular weight is 355 g/mol. The molecule has 0 bridgehead atoms. The number of nitrogens with zero attached hydrogens (tertiary/aromatic N) is 1. The number of hydrogen-bond donors (Lipinski definition) is 1. The van der Waals surface area contributed by atoms with Crippen molar-refractivity contribution in [3.8, 4) is 5.75 Å². The lowest BCUT2D eigenvalue weighted by Gasteiger charge is -2.33. The van der Waals surface area contributed by atoms with E-state index in [0.29, 0.717) is 5.92 Å². The summed E-state index contributed by atoms with van der Waals surface area (Å²) in [7, 11) is 1.98. The summed E-state index contributed by atoms with van der Waals surface area (Å²) in [4.78, 5) is 14.3. The first kappa shape index (κ1) is 16.3. The zero-order valence-electron chi connectivity index (χ0n) is 12.6. The van der Waals surface area contributed by atoms with Gasteiger partial charge in [-0.2, -0.15) is 0 Å². The van der Waals surface area contributed by atoms with Gasteiger partial charge in [0.1, 0.15) is 5.75 Å². The normalized spacial score (nSPS) is 17.6. The maximum Gasteiger partial charge on any atom is 0.263 e. The Morgan fingerprint density at radius 3 is 2.57 bits per heavy atom. The number of piperidine rings is 1. The molecule has 0 aliphatic carbocycles. The van der Waals surface area contributed by atoms with Crippen molar-refractivity contribution in [1.82, 2.24) is 10.2 Å². The number of carbonyl (C=O) groups is 1. The van der Waals surface area contributed by atoms with Crippen LogP contribution in [0.4, 0.5) is 0 Å². The molecule has 1 N–H and O–H groups in total. The number of hydrogen-bond acceptors (Lipinski definition) is 3. The predicted octanol–water partition coefficient (Wildman–Crippen LogP) is 2.67. The molecule has 0 saturated carbocycles. The highest BCUT2D eigenvalue weighted by Crippen LogP contribution is 2.20. The molecule has 0 radical (unpaired) electrons. The van der Waals surface area contributed by atoms with Gasteiger partial charge < -0.3 is 15.0 Å². The van der Waals surface area contributed by atoms with Crippen LogP contribution in [0.1, 0.15) is 19.8 Å². The molecule has 0 spiro atoms. The Hall–Kier alpha value is -1.07. The minimum Gasteiger partial charge on any atom is -0.481 e. The van der Waals surface area contributed by atoms with E-state index in [1.807, 2.05) is 43.1 Å². The van der Waals surface area contributed by atoms with Crippen LogP contribution in [0.2, 0.25) is 0 Å². The van der Waals surface area contributed by atoms with Crippen LogP contribution >= 0.6 is 15.9 Å². The van der Waals surface area contributed by atoms with E-state index in [-0.39, 0.29) is 5.91 Å². The number of rotatable bonds is 5. The van der Waals surface area contributed by atoms with Gasteiger partial charge in [0.15, 0.2) is 6.10 Å². The third-order valence-electron chi connectivity index (χ3n) is 3.89. The van der Waals surface area contributed by atoms with E-state index in [0.717, 1.165) is 42.7 Å². The fraction of sp³-hybridized carbons (Fsp3) is 0.562. The molecular weight excluding hydrogens is 332 g/mol. The highest BCUT2D eigenvalue weighted by molar-refractivity contribution is 9.10. The third kappa shape index (κ3) is 4.71. The van der Waals surface area contributed by atoms with Gasteiger partial charge in [0.05, 0.1) is 0 Å². The largest absolute Gasteiger partial charge is 0.481 e. The molecule has 1 atom stereocenters.